The molecule has 3 heterocycles. The van der Waals surface area contributed by atoms with E-state index in [1.54, 1.807) is 12.3 Å². The molecule has 0 saturated carbocycles. The van der Waals surface area contributed by atoms with E-state index < -0.39 is 44.9 Å². The topological polar surface area (TPSA) is 103 Å². The van der Waals surface area contributed by atoms with Crippen LogP contribution in [0.2, 0.25) is 0 Å². The van der Waals surface area contributed by atoms with Crippen LogP contribution in [0.15, 0.2) is 28.9 Å². The predicted molar refractivity (Wildman–Crippen MR) is 117 cm³/mol. The van der Waals surface area contributed by atoms with E-state index in [-0.39, 0.29) is 11.4 Å². The first-order chi connectivity index (χ1) is 15.2. The summed E-state index contributed by atoms with van der Waals surface area (Å²) < 4.78 is 62.7. The molecule has 170 valence electrons. The zero-order chi connectivity index (χ0) is 23.0. The van der Waals surface area contributed by atoms with Crippen molar-refractivity contribution in [2.45, 2.75) is 32.4 Å². The SMILES string of the molecule is CCS(=O)(=O)Nc1c(F)ccc(C(=O)c2nn(C3CCCCO3)c3ncc(Br)cc23)c1F. The number of carbonyl (C=O) groups is 1. The van der Waals surface area contributed by atoms with Crippen LogP contribution in [0.3, 0.4) is 0 Å². The van der Waals surface area contributed by atoms with Crippen molar-refractivity contribution in [3.63, 3.8) is 0 Å². The van der Waals surface area contributed by atoms with Crippen LogP contribution >= 0.6 is 15.9 Å². The average Bonchev–Trinajstić information content (AvgIpc) is 3.15. The van der Waals surface area contributed by atoms with Gasteiger partial charge in [-0.25, -0.2) is 26.9 Å². The molecule has 3 aromatic rings. The molecule has 1 unspecified atom stereocenters. The Hall–Kier alpha value is -2.44. The number of ether oxygens (including phenoxy) is 1. The Morgan fingerprint density at radius 3 is 2.81 bits per heavy atom. The Morgan fingerprint density at radius 2 is 2.12 bits per heavy atom. The molecule has 0 amide bonds. The molecule has 4 rings (SSSR count). The normalized spacial score (nSPS) is 16.9. The number of aromatic nitrogens is 3. The van der Waals surface area contributed by atoms with Crippen molar-refractivity contribution in [1.29, 1.82) is 0 Å². The second-order valence-corrected chi connectivity index (χ2v) is 10.2. The molecule has 1 atom stereocenters. The summed E-state index contributed by atoms with van der Waals surface area (Å²) in [6, 6.07) is 3.43. The van der Waals surface area contributed by atoms with Gasteiger partial charge in [0.1, 0.15) is 17.2 Å². The van der Waals surface area contributed by atoms with Crippen LogP contribution in [-0.2, 0) is 14.8 Å². The fraction of sp³-hybridized carbons (Fsp3) is 0.350. The lowest BCUT2D eigenvalue weighted by Gasteiger charge is -2.22. The predicted octanol–water partition coefficient (Wildman–Crippen LogP) is 4.16. The van der Waals surface area contributed by atoms with E-state index in [1.807, 2.05) is 4.72 Å². The third-order valence-corrected chi connectivity index (χ3v) is 6.84. The van der Waals surface area contributed by atoms with Crippen LogP contribution in [0.1, 0.15) is 48.5 Å². The number of sulfonamides is 1. The fourth-order valence-corrected chi connectivity index (χ4v) is 4.43. The van der Waals surface area contributed by atoms with Gasteiger partial charge in [0.05, 0.1) is 16.7 Å². The minimum atomic E-state index is -3.97. The van der Waals surface area contributed by atoms with Gasteiger partial charge < -0.3 is 4.74 Å². The molecule has 1 saturated heterocycles. The summed E-state index contributed by atoms with van der Waals surface area (Å²) in [7, 11) is -3.97. The molecule has 0 bridgehead atoms. The number of nitrogens with zero attached hydrogens (tertiary/aromatic N) is 3. The second kappa shape index (κ2) is 8.83. The van der Waals surface area contributed by atoms with Gasteiger partial charge in [0.2, 0.25) is 15.8 Å². The van der Waals surface area contributed by atoms with Crippen LogP contribution in [0.4, 0.5) is 14.5 Å². The van der Waals surface area contributed by atoms with Crippen molar-refractivity contribution in [1.82, 2.24) is 14.8 Å². The van der Waals surface area contributed by atoms with Crippen molar-refractivity contribution in [2.24, 2.45) is 0 Å². The van der Waals surface area contributed by atoms with Crippen LogP contribution in [-0.4, -0.2) is 41.3 Å². The second-order valence-electron chi connectivity index (χ2n) is 7.26. The molecule has 1 aliphatic rings. The number of fused-ring (bicyclic) bond motifs is 1. The van der Waals surface area contributed by atoms with E-state index in [4.69, 9.17) is 4.74 Å². The number of rotatable bonds is 6. The number of carbonyl (C=O) groups excluding carboxylic acids is 1. The van der Waals surface area contributed by atoms with Crippen LogP contribution in [0.5, 0.6) is 0 Å². The molecule has 1 fully saturated rings. The molecular weight excluding hydrogens is 510 g/mol. The Bertz CT molecular complexity index is 1310. The number of ketones is 1. The average molecular weight is 529 g/mol. The molecular formula is C20H19BrF2N4O4S. The Morgan fingerprint density at radius 1 is 1.34 bits per heavy atom. The maximum Gasteiger partial charge on any atom is 0.232 e. The van der Waals surface area contributed by atoms with Gasteiger partial charge in [-0.2, -0.15) is 5.10 Å². The highest BCUT2D eigenvalue weighted by Crippen LogP contribution is 2.31. The van der Waals surface area contributed by atoms with Crippen LogP contribution in [0, 0.1) is 11.6 Å². The van der Waals surface area contributed by atoms with E-state index in [0.717, 1.165) is 25.0 Å². The van der Waals surface area contributed by atoms with E-state index in [1.165, 1.54) is 11.6 Å². The summed E-state index contributed by atoms with van der Waals surface area (Å²) in [6.07, 6.45) is 3.63. The first-order valence-electron chi connectivity index (χ1n) is 9.90. The molecule has 0 aliphatic carbocycles. The summed E-state index contributed by atoms with van der Waals surface area (Å²) in [5.41, 5.74) is -1.14. The number of nitrogens with one attached hydrogen (secondary N) is 1. The van der Waals surface area contributed by atoms with Crippen molar-refractivity contribution < 1.29 is 26.7 Å². The quantitative estimate of drug-likeness (QED) is 0.481. The molecule has 1 aliphatic heterocycles. The molecule has 1 N–H and O–H groups in total. The standard InChI is InChI=1S/C20H19BrF2N4O4S/c1-2-32(29,30)26-18-14(22)7-6-12(16(18)23)19(28)17-13-9-11(21)10-24-20(13)27(25-17)15-5-3-4-8-31-15/h6-7,9-10,15,26H,2-5,8H2,1H3. The van der Waals surface area contributed by atoms with E-state index in [0.29, 0.717) is 28.5 Å². The first-order valence-corrected chi connectivity index (χ1v) is 12.3. The summed E-state index contributed by atoms with van der Waals surface area (Å²) >= 11 is 3.31. The molecule has 0 spiro atoms. The zero-order valence-electron chi connectivity index (χ0n) is 16.9. The van der Waals surface area contributed by atoms with Gasteiger partial charge in [0.25, 0.3) is 0 Å². The van der Waals surface area contributed by atoms with Crippen LogP contribution < -0.4 is 4.72 Å². The monoisotopic (exact) mass is 528 g/mol. The van der Waals surface area contributed by atoms with E-state index in [9.17, 15) is 17.6 Å². The highest BCUT2D eigenvalue weighted by molar-refractivity contribution is 9.10. The maximum atomic E-state index is 15.1. The number of anilines is 1. The third kappa shape index (κ3) is 4.26. The van der Waals surface area contributed by atoms with Crippen molar-refractivity contribution in [2.75, 3.05) is 17.1 Å². The largest absolute Gasteiger partial charge is 0.356 e. The molecule has 12 heteroatoms. The Balaban J connectivity index is 1.83. The molecule has 2 aromatic heterocycles. The highest BCUT2D eigenvalue weighted by Gasteiger charge is 2.28. The fourth-order valence-electron chi connectivity index (χ4n) is 3.46. The molecule has 32 heavy (non-hydrogen) atoms. The third-order valence-electron chi connectivity index (χ3n) is 5.13. The van der Waals surface area contributed by atoms with E-state index >= 15 is 4.39 Å². The summed E-state index contributed by atoms with van der Waals surface area (Å²) in [5, 5.41) is 4.73. The molecule has 0 radical (unpaired) electrons. The Kier molecular flexibility index (Phi) is 6.28. The number of hydrogen-bond donors (Lipinski definition) is 1. The van der Waals surface area contributed by atoms with E-state index in [2.05, 4.69) is 26.0 Å². The lowest BCUT2D eigenvalue weighted by atomic mass is 10.0. The summed E-state index contributed by atoms with van der Waals surface area (Å²) in [5.74, 6) is -3.67. The van der Waals surface area contributed by atoms with Gasteiger partial charge in [-0.3, -0.25) is 9.52 Å². The lowest BCUT2D eigenvalue weighted by molar-refractivity contribution is -0.0371. The zero-order valence-corrected chi connectivity index (χ0v) is 19.3. The number of halogens is 3. The first kappa shape index (κ1) is 22.7. The van der Waals surface area contributed by atoms with Gasteiger partial charge in [0, 0.05) is 17.3 Å². The van der Waals surface area contributed by atoms with Gasteiger partial charge in [-0.05, 0) is 60.3 Å². The smallest absolute Gasteiger partial charge is 0.232 e. The van der Waals surface area contributed by atoms with Gasteiger partial charge in [-0.15, -0.1) is 0 Å². The Labute approximate surface area is 191 Å². The van der Waals surface area contributed by atoms with Crippen molar-refractivity contribution in [3.05, 3.63) is 51.8 Å². The summed E-state index contributed by atoms with van der Waals surface area (Å²) in [6.45, 7) is 1.86. The summed E-state index contributed by atoms with van der Waals surface area (Å²) in [4.78, 5) is 17.6. The van der Waals surface area contributed by atoms with Gasteiger partial charge in [-0.1, -0.05) is 0 Å². The minimum Gasteiger partial charge on any atom is -0.356 e. The van der Waals surface area contributed by atoms with Crippen molar-refractivity contribution in [3.8, 4) is 0 Å². The number of pyridine rings is 1. The van der Waals surface area contributed by atoms with Crippen molar-refractivity contribution >= 4 is 48.5 Å². The maximum absolute atomic E-state index is 15.1. The van der Waals surface area contributed by atoms with Gasteiger partial charge >= 0.3 is 0 Å². The molecule has 1 aromatic carbocycles. The van der Waals surface area contributed by atoms with Gasteiger partial charge in [0.15, 0.2) is 17.7 Å². The lowest BCUT2D eigenvalue weighted by Crippen LogP contribution is -2.20. The van der Waals surface area contributed by atoms with Crippen LogP contribution in [0.25, 0.3) is 11.0 Å². The number of hydrogen-bond acceptors (Lipinski definition) is 6. The molecule has 8 nitrogen and oxygen atoms in total. The highest BCUT2D eigenvalue weighted by atomic mass is 79.9. The minimum absolute atomic E-state index is 0.0993. The number of benzene rings is 1.